The first kappa shape index (κ1) is 17.5. The summed E-state index contributed by atoms with van der Waals surface area (Å²) in [4.78, 5) is 11.1. The van der Waals surface area contributed by atoms with E-state index in [-0.39, 0.29) is 18.3 Å². The van der Waals surface area contributed by atoms with Gasteiger partial charge in [-0.25, -0.2) is 0 Å². The van der Waals surface area contributed by atoms with Gasteiger partial charge in [0.2, 0.25) is 5.91 Å². The number of benzene rings is 1. The average Bonchev–Trinajstić information content (AvgIpc) is 2.39. The van der Waals surface area contributed by atoms with Gasteiger partial charge in [-0.2, -0.15) is 0 Å². The van der Waals surface area contributed by atoms with Crippen LogP contribution >= 0.6 is 12.4 Å². The third kappa shape index (κ3) is 7.54. The van der Waals surface area contributed by atoms with E-state index < -0.39 is 0 Å². The molecule has 1 aromatic carbocycles. The Labute approximate surface area is 120 Å². The molecule has 1 aromatic rings. The second kappa shape index (κ2) is 10.5. The van der Waals surface area contributed by atoms with Crippen LogP contribution < -0.4 is 20.1 Å². The minimum atomic E-state index is -0.00104. The fourth-order valence-electron chi connectivity index (χ4n) is 1.40. The molecular formula is C13H21ClN2O3. The first-order valence-corrected chi connectivity index (χ1v) is 5.94. The standard InChI is InChI=1S/C13H20N2O3.ClH/c1-14-10-13(16)15-7-4-8-18-12-6-3-5-11(9-12)17-2;/h3,5-6,9,14H,4,7-8,10H2,1-2H3,(H,15,16);1H. The molecule has 0 fully saturated rings. The molecule has 0 atom stereocenters. The van der Waals surface area contributed by atoms with Crippen LogP contribution in [0, 0.1) is 0 Å². The van der Waals surface area contributed by atoms with Gasteiger partial charge < -0.3 is 20.1 Å². The molecule has 0 saturated heterocycles. The van der Waals surface area contributed by atoms with Gasteiger partial charge in [0, 0.05) is 12.6 Å². The number of nitrogens with one attached hydrogen (secondary N) is 2. The molecule has 6 heteroatoms. The van der Waals surface area contributed by atoms with E-state index in [1.54, 1.807) is 14.2 Å². The minimum absolute atomic E-state index is 0. The van der Waals surface area contributed by atoms with Crippen molar-refractivity contribution in [3.63, 3.8) is 0 Å². The number of hydrogen-bond acceptors (Lipinski definition) is 4. The molecule has 2 N–H and O–H groups in total. The van der Waals surface area contributed by atoms with Crippen LogP contribution in [0.2, 0.25) is 0 Å². The van der Waals surface area contributed by atoms with E-state index in [9.17, 15) is 4.79 Å². The highest BCUT2D eigenvalue weighted by Crippen LogP contribution is 2.18. The Bertz CT molecular complexity index is 375. The molecule has 5 nitrogen and oxygen atoms in total. The predicted octanol–water partition coefficient (Wildman–Crippen LogP) is 1.22. The SMILES string of the molecule is CNCC(=O)NCCCOc1cccc(OC)c1.Cl. The zero-order valence-corrected chi connectivity index (χ0v) is 12.1. The number of carbonyl (C=O) groups excluding carboxylic acids is 1. The minimum Gasteiger partial charge on any atom is -0.497 e. The fourth-order valence-corrected chi connectivity index (χ4v) is 1.40. The van der Waals surface area contributed by atoms with Crippen molar-refractivity contribution in [3.05, 3.63) is 24.3 Å². The van der Waals surface area contributed by atoms with Gasteiger partial charge in [-0.1, -0.05) is 6.07 Å². The number of likely N-dealkylation sites (N-methyl/N-ethyl adjacent to an activating group) is 1. The lowest BCUT2D eigenvalue weighted by Crippen LogP contribution is -2.33. The van der Waals surface area contributed by atoms with E-state index in [0.29, 0.717) is 19.7 Å². The van der Waals surface area contributed by atoms with Crippen LogP contribution in [-0.4, -0.2) is 39.8 Å². The van der Waals surface area contributed by atoms with Crippen molar-refractivity contribution < 1.29 is 14.3 Å². The zero-order valence-electron chi connectivity index (χ0n) is 11.3. The number of carbonyl (C=O) groups is 1. The van der Waals surface area contributed by atoms with E-state index in [1.165, 1.54) is 0 Å². The van der Waals surface area contributed by atoms with Gasteiger partial charge in [0.15, 0.2) is 0 Å². The smallest absolute Gasteiger partial charge is 0.233 e. The molecule has 1 rings (SSSR count). The van der Waals surface area contributed by atoms with Gasteiger partial charge in [-0.05, 0) is 25.6 Å². The van der Waals surface area contributed by atoms with Gasteiger partial charge in [0.1, 0.15) is 11.5 Å². The maximum Gasteiger partial charge on any atom is 0.233 e. The fraction of sp³-hybridized carbons (Fsp3) is 0.462. The summed E-state index contributed by atoms with van der Waals surface area (Å²) in [5.41, 5.74) is 0. The molecule has 0 saturated carbocycles. The van der Waals surface area contributed by atoms with Crippen LogP contribution in [0.4, 0.5) is 0 Å². The third-order valence-electron chi connectivity index (χ3n) is 2.29. The van der Waals surface area contributed by atoms with Gasteiger partial charge in [-0.3, -0.25) is 4.79 Å². The quantitative estimate of drug-likeness (QED) is 0.706. The third-order valence-corrected chi connectivity index (χ3v) is 2.29. The molecule has 0 aliphatic carbocycles. The Hall–Kier alpha value is -1.46. The summed E-state index contributed by atoms with van der Waals surface area (Å²) in [6.07, 6.45) is 0.771. The monoisotopic (exact) mass is 288 g/mol. The number of ether oxygens (including phenoxy) is 2. The summed E-state index contributed by atoms with van der Waals surface area (Å²) in [6, 6.07) is 7.45. The van der Waals surface area contributed by atoms with Crippen molar-refractivity contribution in [2.24, 2.45) is 0 Å². The molecule has 1 amide bonds. The molecule has 0 heterocycles. The second-order valence-electron chi connectivity index (χ2n) is 3.76. The maximum absolute atomic E-state index is 11.1. The first-order chi connectivity index (χ1) is 8.76. The lowest BCUT2D eigenvalue weighted by molar-refractivity contribution is -0.120. The molecule has 108 valence electrons. The Morgan fingerprint density at radius 1 is 1.32 bits per heavy atom. The van der Waals surface area contributed by atoms with Crippen LogP contribution in [0.3, 0.4) is 0 Å². The molecule has 19 heavy (non-hydrogen) atoms. The van der Waals surface area contributed by atoms with Crippen molar-refractivity contribution in [2.45, 2.75) is 6.42 Å². The van der Waals surface area contributed by atoms with Crippen LogP contribution in [0.15, 0.2) is 24.3 Å². The summed E-state index contributed by atoms with van der Waals surface area (Å²) in [6.45, 7) is 1.52. The Morgan fingerprint density at radius 3 is 2.74 bits per heavy atom. The summed E-state index contributed by atoms with van der Waals surface area (Å²) in [5.74, 6) is 1.55. The zero-order chi connectivity index (χ0) is 13.2. The van der Waals surface area contributed by atoms with Crippen LogP contribution in [0.5, 0.6) is 11.5 Å². The molecule has 0 aliphatic heterocycles. The number of methoxy groups -OCH3 is 1. The first-order valence-electron chi connectivity index (χ1n) is 5.94. The highest BCUT2D eigenvalue weighted by Gasteiger charge is 1.99. The van der Waals surface area contributed by atoms with E-state index in [1.807, 2.05) is 24.3 Å². The Kier molecular flexibility index (Phi) is 9.66. The highest BCUT2D eigenvalue weighted by molar-refractivity contribution is 5.85. The molecule has 0 unspecified atom stereocenters. The van der Waals surface area contributed by atoms with E-state index in [2.05, 4.69) is 10.6 Å². The van der Waals surface area contributed by atoms with E-state index >= 15 is 0 Å². The number of rotatable bonds is 8. The summed E-state index contributed by atoms with van der Waals surface area (Å²) < 4.78 is 10.6. The van der Waals surface area contributed by atoms with E-state index in [4.69, 9.17) is 9.47 Å². The summed E-state index contributed by atoms with van der Waals surface area (Å²) >= 11 is 0. The topological polar surface area (TPSA) is 59.6 Å². The van der Waals surface area contributed by atoms with Crippen LogP contribution in [0.25, 0.3) is 0 Å². The number of amides is 1. The Morgan fingerprint density at radius 2 is 2.05 bits per heavy atom. The lowest BCUT2D eigenvalue weighted by Gasteiger charge is -2.08. The van der Waals surface area contributed by atoms with Gasteiger partial charge >= 0.3 is 0 Å². The van der Waals surface area contributed by atoms with Crippen molar-refractivity contribution in [2.75, 3.05) is 33.9 Å². The maximum atomic E-state index is 11.1. The molecule has 0 bridgehead atoms. The van der Waals surface area contributed by atoms with Crippen molar-refractivity contribution >= 4 is 18.3 Å². The lowest BCUT2D eigenvalue weighted by atomic mass is 10.3. The molecular weight excluding hydrogens is 268 g/mol. The van der Waals surface area contributed by atoms with E-state index in [0.717, 1.165) is 17.9 Å². The number of halogens is 1. The molecule has 0 aromatic heterocycles. The normalized spacial score (nSPS) is 9.37. The van der Waals surface area contributed by atoms with Crippen molar-refractivity contribution in [3.8, 4) is 11.5 Å². The van der Waals surface area contributed by atoms with Gasteiger partial charge in [-0.15, -0.1) is 12.4 Å². The van der Waals surface area contributed by atoms with Crippen LogP contribution in [-0.2, 0) is 4.79 Å². The second-order valence-corrected chi connectivity index (χ2v) is 3.76. The largest absolute Gasteiger partial charge is 0.497 e. The summed E-state index contributed by atoms with van der Waals surface area (Å²) in [5, 5.41) is 5.58. The molecule has 0 spiro atoms. The molecule has 0 radical (unpaired) electrons. The van der Waals surface area contributed by atoms with Gasteiger partial charge in [0.25, 0.3) is 0 Å². The predicted molar refractivity (Wildman–Crippen MR) is 77.3 cm³/mol. The molecule has 0 aliphatic rings. The number of hydrogen-bond donors (Lipinski definition) is 2. The van der Waals surface area contributed by atoms with Crippen molar-refractivity contribution in [1.82, 2.24) is 10.6 Å². The summed E-state index contributed by atoms with van der Waals surface area (Å²) in [7, 11) is 3.36. The average molecular weight is 289 g/mol. The van der Waals surface area contributed by atoms with Crippen LogP contribution in [0.1, 0.15) is 6.42 Å². The Balaban J connectivity index is 0.00000324. The van der Waals surface area contributed by atoms with Gasteiger partial charge in [0.05, 0.1) is 20.3 Å². The highest BCUT2D eigenvalue weighted by atomic mass is 35.5. The van der Waals surface area contributed by atoms with Crippen molar-refractivity contribution in [1.29, 1.82) is 0 Å².